The molecule has 0 bridgehead atoms. The van der Waals surface area contributed by atoms with Gasteiger partial charge in [0, 0.05) is 12.5 Å². The summed E-state index contributed by atoms with van der Waals surface area (Å²) in [4.78, 5) is 21.8. The SMILES string of the molecule is CCCCCCCCCCCCCCCCOC(=O)CC[C@H](N)C(=O)[O-].CCCCCCCCCCCCOS(=O)(=O)[O-].[Na+].[Na+]. The van der Waals surface area contributed by atoms with E-state index in [1.54, 1.807) is 0 Å². The van der Waals surface area contributed by atoms with Crippen LogP contribution in [0.1, 0.15) is 181 Å². The Morgan fingerprint density at radius 3 is 1.22 bits per heavy atom. The zero-order valence-electron chi connectivity index (χ0n) is 29.6. The number of carbonyl (C=O) groups excluding carboxylic acids is 2. The van der Waals surface area contributed by atoms with E-state index in [1.165, 1.54) is 122 Å². The molecule has 0 fully saturated rings. The number of carbonyl (C=O) groups is 2. The van der Waals surface area contributed by atoms with Gasteiger partial charge < -0.3 is 24.9 Å². The quantitative estimate of drug-likeness (QED) is 0.0374. The zero-order valence-corrected chi connectivity index (χ0v) is 34.4. The molecular formula is C33H65NNa2O8S. The van der Waals surface area contributed by atoms with Gasteiger partial charge in [-0.1, -0.05) is 155 Å². The van der Waals surface area contributed by atoms with Gasteiger partial charge in [-0.2, -0.15) is 0 Å². The van der Waals surface area contributed by atoms with Crippen molar-refractivity contribution >= 4 is 22.3 Å². The van der Waals surface area contributed by atoms with E-state index in [0.29, 0.717) is 13.0 Å². The molecule has 0 spiro atoms. The molecule has 0 amide bonds. The third kappa shape index (κ3) is 49.3. The summed E-state index contributed by atoms with van der Waals surface area (Å²) >= 11 is 0. The van der Waals surface area contributed by atoms with Crippen LogP contribution in [0.4, 0.5) is 0 Å². The molecule has 0 aromatic rings. The van der Waals surface area contributed by atoms with Gasteiger partial charge in [0.05, 0.1) is 19.2 Å². The molecule has 0 saturated carbocycles. The molecule has 0 heterocycles. The van der Waals surface area contributed by atoms with E-state index >= 15 is 0 Å². The molecule has 0 aliphatic heterocycles. The fourth-order valence-corrected chi connectivity index (χ4v) is 5.02. The van der Waals surface area contributed by atoms with Gasteiger partial charge in [0.1, 0.15) is 0 Å². The Kier molecular flexibility index (Phi) is 47.8. The van der Waals surface area contributed by atoms with Crippen molar-refractivity contribution in [3.05, 3.63) is 0 Å². The molecule has 0 radical (unpaired) electrons. The largest absolute Gasteiger partial charge is 1.00 e. The molecule has 0 rings (SSSR count). The van der Waals surface area contributed by atoms with Gasteiger partial charge in [-0.25, -0.2) is 8.42 Å². The molecule has 9 nitrogen and oxygen atoms in total. The van der Waals surface area contributed by atoms with Crippen molar-refractivity contribution < 1.29 is 95.7 Å². The van der Waals surface area contributed by atoms with Crippen LogP contribution in [0.2, 0.25) is 0 Å². The first-order valence-corrected chi connectivity index (χ1v) is 18.7. The normalized spacial score (nSPS) is 11.5. The molecule has 12 heteroatoms. The molecule has 0 aromatic heterocycles. The Morgan fingerprint density at radius 2 is 0.911 bits per heavy atom. The van der Waals surface area contributed by atoms with Crippen molar-refractivity contribution in [2.75, 3.05) is 13.2 Å². The first-order chi connectivity index (χ1) is 20.6. The summed E-state index contributed by atoms with van der Waals surface area (Å²) in [6.45, 7) is 4.91. The van der Waals surface area contributed by atoms with E-state index in [4.69, 9.17) is 10.5 Å². The van der Waals surface area contributed by atoms with Crippen LogP contribution in [0.5, 0.6) is 0 Å². The topological polar surface area (TPSA) is 159 Å². The van der Waals surface area contributed by atoms with Gasteiger partial charge in [-0.05, 0) is 19.3 Å². The molecule has 0 aliphatic rings. The minimum Gasteiger partial charge on any atom is -0.726 e. The zero-order chi connectivity index (χ0) is 32.4. The predicted octanol–water partition coefficient (Wildman–Crippen LogP) is 1.26. The van der Waals surface area contributed by atoms with Crippen LogP contribution in [0.3, 0.4) is 0 Å². The van der Waals surface area contributed by atoms with Crippen molar-refractivity contribution in [3.63, 3.8) is 0 Å². The van der Waals surface area contributed by atoms with Crippen LogP contribution in [-0.4, -0.2) is 44.2 Å². The smallest absolute Gasteiger partial charge is 0.726 e. The van der Waals surface area contributed by atoms with Gasteiger partial charge in [-0.3, -0.25) is 8.98 Å². The van der Waals surface area contributed by atoms with Crippen LogP contribution < -0.4 is 70.0 Å². The molecule has 45 heavy (non-hydrogen) atoms. The second kappa shape index (κ2) is 40.9. The summed E-state index contributed by atoms with van der Waals surface area (Å²) in [6.07, 6.45) is 29.9. The molecule has 0 saturated heterocycles. The van der Waals surface area contributed by atoms with E-state index in [0.717, 1.165) is 25.7 Å². The Morgan fingerprint density at radius 1 is 0.600 bits per heavy atom. The summed E-state index contributed by atoms with van der Waals surface area (Å²) in [7, 11) is -4.48. The third-order valence-corrected chi connectivity index (χ3v) is 7.90. The Bertz CT molecular complexity index is 729. The number of ether oxygens (including phenoxy) is 1. The second-order valence-corrected chi connectivity index (χ2v) is 12.7. The van der Waals surface area contributed by atoms with Crippen molar-refractivity contribution in [2.24, 2.45) is 5.73 Å². The summed E-state index contributed by atoms with van der Waals surface area (Å²) < 4.78 is 39.5. The van der Waals surface area contributed by atoms with Crippen molar-refractivity contribution in [3.8, 4) is 0 Å². The van der Waals surface area contributed by atoms with Crippen molar-refractivity contribution in [2.45, 2.75) is 187 Å². The fourth-order valence-electron chi connectivity index (χ4n) is 4.70. The Labute approximate surface area is 321 Å². The maximum Gasteiger partial charge on any atom is 1.00 e. The van der Waals surface area contributed by atoms with E-state index < -0.39 is 22.4 Å². The average molecular weight is 682 g/mol. The number of aliphatic carboxylic acids is 1. The maximum absolute atomic E-state index is 11.4. The van der Waals surface area contributed by atoms with Gasteiger partial charge in [0.25, 0.3) is 0 Å². The molecule has 0 aliphatic carbocycles. The van der Waals surface area contributed by atoms with Crippen LogP contribution in [0, 0.1) is 0 Å². The molecule has 1 atom stereocenters. The Hall–Kier alpha value is 0.770. The van der Waals surface area contributed by atoms with E-state index in [2.05, 4.69) is 18.0 Å². The van der Waals surface area contributed by atoms with Gasteiger partial charge >= 0.3 is 65.1 Å². The van der Waals surface area contributed by atoms with E-state index in [-0.39, 0.29) is 84.5 Å². The summed E-state index contributed by atoms with van der Waals surface area (Å²) in [5.74, 6) is -1.71. The summed E-state index contributed by atoms with van der Waals surface area (Å²) in [5, 5.41) is 10.4. The first kappa shape index (κ1) is 52.6. The molecule has 0 aromatic carbocycles. The number of hydrogen-bond acceptors (Lipinski definition) is 9. The van der Waals surface area contributed by atoms with Crippen LogP contribution in [0.25, 0.3) is 0 Å². The monoisotopic (exact) mass is 681 g/mol. The van der Waals surface area contributed by atoms with Crippen LogP contribution >= 0.6 is 0 Å². The molecule has 2 N–H and O–H groups in total. The van der Waals surface area contributed by atoms with Gasteiger partial charge in [-0.15, -0.1) is 0 Å². The number of carboxylic acids is 1. The predicted molar refractivity (Wildman–Crippen MR) is 171 cm³/mol. The first-order valence-electron chi connectivity index (χ1n) is 17.4. The standard InChI is InChI=1S/C21H41NO4.C12H26O4S.2Na/c1-2-3-4-5-6-7-8-9-10-11-12-13-14-15-18-26-20(23)17-16-19(22)21(24)25;1-2-3-4-5-6-7-8-9-10-11-12-16-17(13,14)15;;/h19H,2-18,22H2,1H3,(H,24,25);2-12H2,1H3,(H,13,14,15);;/q;;2*+1/p-2/t19-;;;/m0.../s1. The average Bonchev–Trinajstić information content (AvgIpc) is 2.96. The fraction of sp³-hybridized carbons (Fsp3) is 0.939. The number of esters is 1. The van der Waals surface area contributed by atoms with Crippen LogP contribution in [-0.2, 0) is 28.9 Å². The van der Waals surface area contributed by atoms with Gasteiger partial charge in [0.15, 0.2) is 0 Å². The summed E-state index contributed by atoms with van der Waals surface area (Å²) in [6, 6.07) is -1.09. The minimum absolute atomic E-state index is 0. The number of nitrogens with two attached hydrogens (primary N) is 1. The Balaban J connectivity index is -0.000000387. The van der Waals surface area contributed by atoms with Crippen molar-refractivity contribution in [1.29, 1.82) is 0 Å². The number of carboxylic acid groups (broad SMARTS) is 1. The van der Waals surface area contributed by atoms with E-state index in [9.17, 15) is 27.7 Å². The second-order valence-electron chi connectivity index (χ2n) is 11.7. The summed E-state index contributed by atoms with van der Waals surface area (Å²) in [5.41, 5.74) is 5.28. The number of unbranched alkanes of at least 4 members (excludes halogenated alkanes) is 22. The van der Waals surface area contributed by atoms with Crippen LogP contribution in [0.15, 0.2) is 0 Å². The van der Waals surface area contributed by atoms with Crippen molar-refractivity contribution in [1.82, 2.24) is 0 Å². The minimum atomic E-state index is -4.48. The maximum atomic E-state index is 11.4. The molecular weight excluding hydrogens is 616 g/mol. The number of hydrogen-bond donors (Lipinski definition) is 1. The van der Waals surface area contributed by atoms with E-state index in [1.807, 2.05) is 0 Å². The molecule has 0 unspecified atom stereocenters. The van der Waals surface area contributed by atoms with Gasteiger partial charge in [0.2, 0.25) is 10.4 Å². The number of rotatable bonds is 31. The molecule has 258 valence electrons. The third-order valence-electron chi connectivity index (χ3n) is 7.45.